The summed E-state index contributed by atoms with van der Waals surface area (Å²) in [5.74, 6) is 0.311. The fraction of sp³-hybridized carbons (Fsp3) is 0.400. The predicted molar refractivity (Wildman–Crippen MR) is 37.8 cm³/mol. The van der Waals surface area contributed by atoms with Crippen molar-refractivity contribution in [1.29, 1.82) is 0 Å². The second-order valence-corrected chi connectivity index (χ2v) is 1.87. The minimum absolute atomic E-state index is 0.311. The number of methoxy groups -OCH3 is 1. The van der Waals surface area contributed by atoms with Crippen LogP contribution in [0.5, 0.6) is 0 Å². The molecule has 1 atom stereocenters. The summed E-state index contributed by atoms with van der Waals surface area (Å²) in [7, 11) is 1.53. The zero-order valence-corrected chi connectivity index (χ0v) is 5.66. The number of nitrogens with two attached hydrogens (primary N) is 2. The van der Waals surface area contributed by atoms with Crippen LogP contribution in [0.25, 0.3) is 0 Å². The summed E-state index contributed by atoms with van der Waals surface area (Å²) in [6.07, 6.45) is 1.17. The highest BCUT2D eigenvalue weighted by Crippen LogP contribution is 1.96. The monoisotopic (exact) mass is 142 g/mol. The Morgan fingerprint density at radius 1 is 1.70 bits per heavy atom. The first kappa shape index (κ1) is 6.88. The van der Waals surface area contributed by atoms with Crippen molar-refractivity contribution in [2.75, 3.05) is 7.11 Å². The second kappa shape index (κ2) is 2.57. The molecule has 5 N–H and O–H groups in total. The van der Waals surface area contributed by atoms with Gasteiger partial charge in [0.2, 0.25) is 6.35 Å². The third-order valence-corrected chi connectivity index (χ3v) is 1.16. The van der Waals surface area contributed by atoms with Crippen LogP contribution >= 0.6 is 0 Å². The molecule has 0 saturated carbocycles. The molecule has 0 radical (unpaired) electrons. The topological polar surface area (TPSA) is 85.7 Å². The molecule has 56 valence electrons. The number of rotatable bonds is 1. The average Bonchev–Trinajstić information content (AvgIpc) is 1.95. The fourth-order valence-electron chi connectivity index (χ4n) is 0.594. The van der Waals surface area contributed by atoms with E-state index in [1.165, 1.54) is 7.11 Å². The normalized spacial score (nSPS) is 24.7. The van der Waals surface area contributed by atoms with Crippen molar-refractivity contribution in [3.63, 3.8) is 0 Å². The number of hydrogen-bond acceptors (Lipinski definition) is 5. The smallest absolute Gasteiger partial charge is 0.227 e. The van der Waals surface area contributed by atoms with Crippen LogP contribution in [-0.2, 0) is 4.74 Å². The Bertz CT molecular complexity index is 186. The van der Waals surface area contributed by atoms with Crippen LogP contribution in [0.1, 0.15) is 0 Å². The summed E-state index contributed by atoms with van der Waals surface area (Å²) in [5.41, 5.74) is 11.2. The van der Waals surface area contributed by atoms with Crippen LogP contribution in [0.4, 0.5) is 0 Å². The maximum atomic E-state index is 5.38. The highest BCUT2D eigenvalue weighted by atomic mass is 16.5. The molecular weight excluding hydrogens is 132 g/mol. The molecule has 0 aliphatic carbocycles. The average molecular weight is 142 g/mol. The largest absolute Gasteiger partial charge is 0.395 e. The first-order chi connectivity index (χ1) is 4.74. The van der Waals surface area contributed by atoms with Crippen LogP contribution in [0.15, 0.2) is 16.9 Å². The maximum absolute atomic E-state index is 5.38. The number of hydrogen-bond donors (Lipinski definition) is 3. The number of aliphatic imine (C=N–C) groups is 1. The molecule has 10 heavy (non-hydrogen) atoms. The quantitative estimate of drug-likeness (QED) is 0.423. The molecule has 1 aliphatic rings. The summed E-state index contributed by atoms with van der Waals surface area (Å²) >= 11 is 0. The molecule has 1 rings (SSSR count). The van der Waals surface area contributed by atoms with Crippen molar-refractivity contribution < 1.29 is 4.74 Å². The van der Waals surface area contributed by atoms with Gasteiger partial charge in [0.1, 0.15) is 5.84 Å². The second-order valence-electron chi connectivity index (χ2n) is 1.87. The Labute approximate surface area is 58.7 Å². The third-order valence-electron chi connectivity index (χ3n) is 1.16. The molecule has 0 aromatic carbocycles. The van der Waals surface area contributed by atoms with Gasteiger partial charge < -0.3 is 21.5 Å². The van der Waals surface area contributed by atoms with Gasteiger partial charge in [-0.25, -0.2) is 4.99 Å². The molecule has 0 amide bonds. The number of nitrogens with zero attached hydrogens (tertiary/aromatic N) is 1. The van der Waals surface area contributed by atoms with Crippen LogP contribution in [0.3, 0.4) is 0 Å². The molecule has 0 spiro atoms. The van der Waals surface area contributed by atoms with Crippen LogP contribution < -0.4 is 16.8 Å². The van der Waals surface area contributed by atoms with Gasteiger partial charge in [0, 0.05) is 13.3 Å². The third kappa shape index (κ3) is 1.19. The van der Waals surface area contributed by atoms with Gasteiger partial charge in [-0.2, -0.15) is 0 Å². The van der Waals surface area contributed by atoms with Crippen LogP contribution in [0, 0.1) is 0 Å². The van der Waals surface area contributed by atoms with E-state index in [0.717, 1.165) is 0 Å². The van der Waals surface area contributed by atoms with Gasteiger partial charge in [0.15, 0.2) is 0 Å². The number of ether oxygens (including phenoxy) is 1. The molecule has 1 unspecified atom stereocenters. The van der Waals surface area contributed by atoms with Gasteiger partial charge in [-0.15, -0.1) is 0 Å². The highest BCUT2D eigenvalue weighted by molar-refractivity contribution is 5.96. The molecule has 5 heteroatoms. The molecular formula is C5H10N4O. The van der Waals surface area contributed by atoms with Gasteiger partial charge in [-0.3, -0.25) is 0 Å². The van der Waals surface area contributed by atoms with E-state index in [2.05, 4.69) is 10.3 Å². The van der Waals surface area contributed by atoms with Crippen molar-refractivity contribution in [3.05, 3.63) is 11.9 Å². The van der Waals surface area contributed by atoms with Gasteiger partial charge in [0.25, 0.3) is 0 Å². The lowest BCUT2D eigenvalue weighted by atomic mass is 10.4. The van der Waals surface area contributed by atoms with E-state index < -0.39 is 6.35 Å². The zero-order valence-electron chi connectivity index (χ0n) is 5.66. The molecule has 0 bridgehead atoms. The van der Waals surface area contributed by atoms with Gasteiger partial charge >= 0.3 is 0 Å². The van der Waals surface area contributed by atoms with Gasteiger partial charge in [0.05, 0.1) is 5.70 Å². The molecule has 1 aliphatic heterocycles. The number of amidine groups is 1. The SMILES string of the molecule is COC1N=C(N)C(N)=CN1. The van der Waals surface area contributed by atoms with E-state index in [4.69, 9.17) is 16.2 Å². The zero-order chi connectivity index (χ0) is 7.56. The molecule has 0 aromatic heterocycles. The fourth-order valence-corrected chi connectivity index (χ4v) is 0.594. The first-order valence-electron chi connectivity index (χ1n) is 2.82. The molecule has 0 aromatic rings. The molecule has 1 heterocycles. The lowest BCUT2D eigenvalue weighted by Gasteiger charge is -2.16. The maximum Gasteiger partial charge on any atom is 0.227 e. The first-order valence-corrected chi connectivity index (χ1v) is 2.82. The molecule has 5 nitrogen and oxygen atoms in total. The summed E-state index contributed by atoms with van der Waals surface area (Å²) in [6, 6.07) is 0. The van der Waals surface area contributed by atoms with Gasteiger partial charge in [-0.1, -0.05) is 0 Å². The van der Waals surface area contributed by atoms with Crippen LogP contribution in [-0.4, -0.2) is 19.3 Å². The lowest BCUT2D eigenvalue weighted by Crippen LogP contribution is -2.36. The van der Waals surface area contributed by atoms with Gasteiger partial charge in [-0.05, 0) is 0 Å². The van der Waals surface area contributed by atoms with Crippen molar-refractivity contribution in [2.24, 2.45) is 16.5 Å². The van der Waals surface area contributed by atoms with E-state index >= 15 is 0 Å². The number of nitrogens with one attached hydrogen (secondary N) is 1. The van der Waals surface area contributed by atoms with E-state index in [-0.39, 0.29) is 0 Å². The minimum atomic E-state index is -0.396. The predicted octanol–water partition coefficient (Wildman–Crippen LogP) is -1.32. The Morgan fingerprint density at radius 3 is 2.90 bits per heavy atom. The van der Waals surface area contributed by atoms with Crippen molar-refractivity contribution in [2.45, 2.75) is 6.35 Å². The van der Waals surface area contributed by atoms with E-state index in [9.17, 15) is 0 Å². The standard InChI is InChI=1S/C5H10N4O/c1-10-5-8-2-3(6)4(7)9-5/h2,5,8H,6H2,1H3,(H2,7,9). The van der Waals surface area contributed by atoms with Crippen molar-refractivity contribution >= 4 is 5.84 Å². The van der Waals surface area contributed by atoms with E-state index in [1.54, 1.807) is 6.20 Å². The minimum Gasteiger partial charge on any atom is -0.395 e. The lowest BCUT2D eigenvalue weighted by molar-refractivity contribution is 0.0920. The summed E-state index contributed by atoms with van der Waals surface area (Å²) < 4.78 is 4.83. The van der Waals surface area contributed by atoms with Crippen molar-refractivity contribution in [3.8, 4) is 0 Å². The summed E-state index contributed by atoms with van der Waals surface area (Å²) in [6.45, 7) is 0. The highest BCUT2D eigenvalue weighted by Gasteiger charge is 2.09. The van der Waals surface area contributed by atoms with Crippen molar-refractivity contribution in [1.82, 2.24) is 5.32 Å². The Kier molecular flexibility index (Phi) is 1.77. The summed E-state index contributed by atoms with van der Waals surface area (Å²) in [5, 5.41) is 2.77. The van der Waals surface area contributed by atoms with Crippen LogP contribution in [0.2, 0.25) is 0 Å². The Balaban J connectivity index is 2.66. The van der Waals surface area contributed by atoms with E-state index in [1.807, 2.05) is 0 Å². The molecule has 0 fully saturated rings. The Morgan fingerprint density at radius 2 is 2.40 bits per heavy atom. The Hall–Kier alpha value is -1.23. The van der Waals surface area contributed by atoms with E-state index in [0.29, 0.717) is 11.5 Å². The summed E-state index contributed by atoms with van der Waals surface area (Å²) in [4.78, 5) is 3.85. The molecule has 0 saturated heterocycles.